The molecule has 2 unspecified atom stereocenters. The van der Waals surface area contributed by atoms with Crippen LogP contribution in [-0.2, 0) is 21.4 Å². The first kappa shape index (κ1) is 21.2. The molecule has 1 aromatic carbocycles. The highest BCUT2D eigenvalue weighted by molar-refractivity contribution is 6.00. The zero-order valence-corrected chi connectivity index (χ0v) is 16.9. The third-order valence-corrected chi connectivity index (χ3v) is 5.62. The second-order valence-corrected chi connectivity index (χ2v) is 7.68. The topological polar surface area (TPSA) is 94.4 Å². The SMILES string of the molecule is Cn1c(=O)n(C2CCC(=O)NC2=O)c2cccc(C#CCOC3CCNCC3(F)F)c21. The molecule has 2 fully saturated rings. The van der Waals surface area contributed by atoms with Crippen molar-refractivity contribution in [3.8, 4) is 11.8 Å². The molecule has 4 rings (SSSR count). The molecule has 164 valence electrons. The number of ether oxygens (including phenoxy) is 1. The summed E-state index contributed by atoms with van der Waals surface area (Å²) in [5.74, 6) is 1.83. The molecule has 2 atom stereocenters. The normalized spacial score (nSPS) is 23.3. The molecule has 2 aliphatic heterocycles. The molecular weight excluding hydrogens is 410 g/mol. The molecule has 0 radical (unpaired) electrons. The number of halogens is 2. The van der Waals surface area contributed by atoms with Crippen LogP contribution in [0.15, 0.2) is 23.0 Å². The van der Waals surface area contributed by atoms with Crippen molar-refractivity contribution >= 4 is 22.8 Å². The van der Waals surface area contributed by atoms with Crippen molar-refractivity contribution in [2.24, 2.45) is 7.05 Å². The Kier molecular flexibility index (Phi) is 5.64. The van der Waals surface area contributed by atoms with E-state index in [-0.39, 0.29) is 31.8 Å². The summed E-state index contributed by atoms with van der Waals surface area (Å²) in [4.78, 5) is 36.6. The quantitative estimate of drug-likeness (QED) is 0.550. The van der Waals surface area contributed by atoms with Crippen molar-refractivity contribution in [1.29, 1.82) is 0 Å². The zero-order chi connectivity index (χ0) is 22.2. The fourth-order valence-electron chi connectivity index (χ4n) is 4.06. The monoisotopic (exact) mass is 432 g/mol. The number of nitrogens with one attached hydrogen (secondary N) is 2. The van der Waals surface area contributed by atoms with Crippen LogP contribution in [-0.4, -0.2) is 52.7 Å². The Morgan fingerprint density at radius 1 is 1.26 bits per heavy atom. The number of fused-ring (bicyclic) bond motifs is 1. The van der Waals surface area contributed by atoms with E-state index in [4.69, 9.17) is 4.74 Å². The summed E-state index contributed by atoms with van der Waals surface area (Å²) in [6.45, 7) is -0.123. The van der Waals surface area contributed by atoms with Crippen molar-refractivity contribution in [1.82, 2.24) is 19.8 Å². The first-order chi connectivity index (χ1) is 14.8. The van der Waals surface area contributed by atoms with Crippen molar-refractivity contribution < 1.29 is 23.1 Å². The van der Waals surface area contributed by atoms with E-state index in [0.717, 1.165) is 0 Å². The fourth-order valence-corrected chi connectivity index (χ4v) is 4.06. The Morgan fingerprint density at radius 3 is 2.81 bits per heavy atom. The van der Waals surface area contributed by atoms with Gasteiger partial charge in [0.2, 0.25) is 11.8 Å². The molecule has 0 saturated carbocycles. The summed E-state index contributed by atoms with van der Waals surface area (Å²) >= 11 is 0. The van der Waals surface area contributed by atoms with Crippen LogP contribution in [0.4, 0.5) is 8.78 Å². The first-order valence-corrected chi connectivity index (χ1v) is 10.0. The highest BCUT2D eigenvalue weighted by Crippen LogP contribution is 2.26. The Balaban J connectivity index is 1.61. The van der Waals surface area contributed by atoms with E-state index in [0.29, 0.717) is 23.1 Å². The second kappa shape index (κ2) is 8.24. The highest BCUT2D eigenvalue weighted by Gasteiger charge is 2.42. The van der Waals surface area contributed by atoms with Gasteiger partial charge in [0, 0.05) is 13.5 Å². The van der Waals surface area contributed by atoms with E-state index in [1.54, 1.807) is 25.2 Å². The van der Waals surface area contributed by atoms with Gasteiger partial charge in [0.05, 0.1) is 23.1 Å². The van der Waals surface area contributed by atoms with Gasteiger partial charge in [-0.15, -0.1) is 0 Å². The molecule has 2 aromatic rings. The Morgan fingerprint density at radius 2 is 2.06 bits per heavy atom. The number of carbonyl (C=O) groups excluding carboxylic acids is 2. The number of imidazole rings is 1. The fraction of sp³-hybridized carbons (Fsp3) is 0.476. The van der Waals surface area contributed by atoms with Gasteiger partial charge in [-0.3, -0.25) is 24.0 Å². The van der Waals surface area contributed by atoms with E-state index in [1.165, 1.54) is 9.13 Å². The van der Waals surface area contributed by atoms with E-state index in [2.05, 4.69) is 22.5 Å². The number of piperidine rings is 2. The summed E-state index contributed by atoms with van der Waals surface area (Å²) in [7, 11) is 1.57. The van der Waals surface area contributed by atoms with Crippen LogP contribution in [0.2, 0.25) is 0 Å². The van der Waals surface area contributed by atoms with Gasteiger partial charge in [0.1, 0.15) is 18.8 Å². The largest absolute Gasteiger partial charge is 0.359 e. The van der Waals surface area contributed by atoms with Crippen molar-refractivity contribution in [2.75, 3.05) is 19.7 Å². The standard InChI is InChI=1S/C21H22F2N4O4/c1-26-18-13(5-3-11-31-16-9-10-24-12-21(16,22)23)4-2-6-14(18)27(20(26)30)15-7-8-17(28)25-19(15)29/h2,4,6,15-16,24H,7-12H2,1H3,(H,25,28,29). The van der Waals surface area contributed by atoms with Gasteiger partial charge in [-0.1, -0.05) is 17.9 Å². The molecule has 2 N–H and O–H groups in total. The van der Waals surface area contributed by atoms with Crippen LogP contribution in [0.5, 0.6) is 0 Å². The Labute approximate surface area is 176 Å². The van der Waals surface area contributed by atoms with Gasteiger partial charge < -0.3 is 10.1 Å². The number of hydrogen-bond acceptors (Lipinski definition) is 5. The Hall–Kier alpha value is -3.03. The molecule has 10 heteroatoms. The van der Waals surface area contributed by atoms with Gasteiger partial charge in [-0.25, -0.2) is 13.6 Å². The maximum atomic E-state index is 13.8. The molecule has 0 aliphatic carbocycles. The van der Waals surface area contributed by atoms with Crippen molar-refractivity contribution in [3.05, 3.63) is 34.2 Å². The van der Waals surface area contributed by atoms with E-state index < -0.39 is 36.2 Å². The molecule has 2 saturated heterocycles. The van der Waals surface area contributed by atoms with Gasteiger partial charge in [-0.05, 0) is 31.5 Å². The number of carbonyl (C=O) groups is 2. The minimum absolute atomic E-state index is 0.150. The number of para-hydroxylation sites is 1. The number of aromatic nitrogens is 2. The number of nitrogens with zero attached hydrogens (tertiary/aromatic N) is 2. The van der Waals surface area contributed by atoms with Crippen LogP contribution in [0.3, 0.4) is 0 Å². The van der Waals surface area contributed by atoms with Crippen LogP contribution < -0.4 is 16.3 Å². The Bertz CT molecular complexity index is 1160. The molecule has 0 spiro atoms. The average molecular weight is 432 g/mol. The van der Waals surface area contributed by atoms with Crippen LogP contribution in [0.1, 0.15) is 30.9 Å². The third kappa shape index (κ3) is 3.98. The molecule has 1 aromatic heterocycles. The molecule has 2 amide bonds. The summed E-state index contributed by atoms with van der Waals surface area (Å²) in [6, 6.07) is 4.33. The highest BCUT2D eigenvalue weighted by atomic mass is 19.3. The van der Waals surface area contributed by atoms with E-state index in [9.17, 15) is 23.2 Å². The van der Waals surface area contributed by atoms with Gasteiger partial charge in [0.25, 0.3) is 5.92 Å². The van der Waals surface area contributed by atoms with Crippen LogP contribution in [0.25, 0.3) is 11.0 Å². The first-order valence-electron chi connectivity index (χ1n) is 10.0. The molecule has 8 nitrogen and oxygen atoms in total. The molecule has 31 heavy (non-hydrogen) atoms. The van der Waals surface area contributed by atoms with Gasteiger partial charge in [-0.2, -0.15) is 0 Å². The molecule has 0 bridgehead atoms. The predicted molar refractivity (Wildman–Crippen MR) is 108 cm³/mol. The van der Waals surface area contributed by atoms with E-state index in [1.807, 2.05) is 0 Å². The van der Waals surface area contributed by atoms with E-state index >= 15 is 0 Å². The second-order valence-electron chi connectivity index (χ2n) is 7.68. The number of benzene rings is 1. The van der Waals surface area contributed by atoms with Crippen LogP contribution >= 0.6 is 0 Å². The lowest BCUT2D eigenvalue weighted by Gasteiger charge is -2.31. The zero-order valence-electron chi connectivity index (χ0n) is 16.9. The van der Waals surface area contributed by atoms with Crippen molar-refractivity contribution in [3.63, 3.8) is 0 Å². The summed E-state index contributed by atoms with van der Waals surface area (Å²) in [5, 5.41) is 4.91. The third-order valence-electron chi connectivity index (χ3n) is 5.62. The maximum Gasteiger partial charge on any atom is 0.329 e. The smallest absolute Gasteiger partial charge is 0.329 e. The minimum atomic E-state index is -2.94. The lowest BCUT2D eigenvalue weighted by atomic mass is 10.1. The van der Waals surface area contributed by atoms with Crippen LogP contribution in [0, 0.1) is 11.8 Å². The summed E-state index contributed by atoms with van der Waals surface area (Å²) < 4.78 is 35.7. The minimum Gasteiger partial charge on any atom is -0.359 e. The lowest BCUT2D eigenvalue weighted by molar-refractivity contribution is -0.142. The predicted octanol–water partition coefficient (Wildman–Crippen LogP) is 0.683. The number of imide groups is 1. The summed E-state index contributed by atoms with van der Waals surface area (Å²) in [5.41, 5.74) is 1.16. The van der Waals surface area contributed by atoms with Gasteiger partial charge in [0.15, 0.2) is 0 Å². The maximum absolute atomic E-state index is 13.8. The summed E-state index contributed by atoms with van der Waals surface area (Å²) in [6.07, 6.45) is -0.597. The number of amides is 2. The van der Waals surface area contributed by atoms with Crippen molar-refractivity contribution in [2.45, 2.75) is 37.3 Å². The number of hydrogen-bond donors (Lipinski definition) is 2. The molecule has 2 aliphatic rings. The molecular formula is C21H22F2N4O4. The lowest BCUT2D eigenvalue weighted by Crippen LogP contribution is -2.50. The number of alkyl halides is 2. The van der Waals surface area contributed by atoms with Gasteiger partial charge >= 0.3 is 5.69 Å². The number of aryl methyl sites for hydroxylation is 1. The molecule has 3 heterocycles. The number of rotatable bonds is 3. The average Bonchev–Trinajstić information content (AvgIpc) is 2.97.